The third kappa shape index (κ3) is 3.81. The number of carbonyl (C=O) groups excluding carboxylic acids is 2. The molecular formula is C19H17N7O2S. The van der Waals surface area contributed by atoms with Crippen LogP contribution in [0, 0.1) is 11.3 Å². The number of rotatable bonds is 3. The van der Waals surface area contributed by atoms with Crippen LogP contribution in [-0.4, -0.2) is 38.1 Å². The van der Waals surface area contributed by atoms with Crippen molar-refractivity contribution in [3.63, 3.8) is 0 Å². The summed E-state index contributed by atoms with van der Waals surface area (Å²) in [7, 11) is 1.73. The number of pyridine rings is 1. The molecule has 4 heterocycles. The first-order valence-electron chi connectivity index (χ1n) is 8.86. The third-order valence-electron chi connectivity index (χ3n) is 4.55. The largest absolute Gasteiger partial charge is 0.323 e. The zero-order valence-corrected chi connectivity index (χ0v) is 16.4. The summed E-state index contributed by atoms with van der Waals surface area (Å²) >= 11 is 1.32. The van der Waals surface area contributed by atoms with Crippen LogP contribution < -0.4 is 10.6 Å². The summed E-state index contributed by atoms with van der Waals surface area (Å²) in [4.78, 5) is 31.6. The lowest BCUT2D eigenvalue weighted by atomic mass is 10.0. The molecule has 1 aliphatic rings. The van der Waals surface area contributed by atoms with Crippen molar-refractivity contribution >= 4 is 34.1 Å². The van der Waals surface area contributed by atoms with E-state index in [1.165, 1.54) is 22.2 Å². The van der Waals surface area contributed by atoms with E-state index in [1.807, 2.05) is 0 Å². The summed E-state index contributed by atoms with van der Waals surface area (Å²) in [6.07, 6.45) is 5.24. The molecule has 10 heteroatoms. The molecule has 0 fully saturated rings. The fourth-order valence-corrected chi connectivity index (χ4v) is 4.33. The first kappa shape index (κ1) is 18.6. The maximum Gasteiger partial charge on any atom is 0.323 e. The molecule has 3 aromatic rings. The zero-order chi connectivity index (χ0) is 20.4. The van der Waals surface area contributed by atoms with E-state index < -0.39 is 0 Å². The molecule has 0 saturated heterocycles. The highest BCUT2D eigenvalue weighted by atomic mass is 32.1. The van der Waals surface area contributed by atoms with Gasteiger partial charge >= 0.3 is 6.03 Å². The maximum atomic E-state index is 12.5. The fourth-order valence-electron chi connectivity index (χ4n) is 3.12. The summed E-state index contributed by atoms with van der Waals surface area (Å²) < 4.78 is 1.54. The van der Waals surface area contributed by atoms with E-state index in [9.17, 15) is 14.9 Å². The first-order valence-corrected chi connectivity index (χ1v) is 9.68. The standard InChI is InChI=1S/C19H17N7O2S/c1-25-10-12(9-22-25)17(27)24-18-14(8-20)13-5-7-26(11-15(13)29-18)19(28)23-16-4-2-3-6-21-16/h2-4,6,9-10H,5,7,11H2,1H3,(H,24,27)(H,21,23,28). The number of fused-ring (bicyclic) bond motifs is 1. The molecule has 0 radical (unpaired) electrons. The molecule has 0 spiro atoms. The van der Waals surface area contributed by atoms with E-state index >= 15 is 0 Å². The van der Waals surface area contributed by atoms with Crippen molar-refractivity contribution in [2.24, 2.45) is 7.05 Å². The van der Waals surface area contributed by atoms with Crippen LogP contribution in [0.1, 0.15) is 26.4 Å². The summed E-state index contributed by atoms with van der Waals surface area (Å²) in [5, 5.41) is 19.7. The quantitative estimate of drug-likeness (QED) is 0.692. The van der Waals surface area contributed by atoms with Gasteiger partial charge in [0.1, 0.15) is 16.9 Å². The molecule has 0 aliphatic carbocycles. The van der Waals surface area contributed by atoms with Gasteiger partial charge in [-0.15, -0.1) is 11.3 Å². The molecule has 3 amide bonds. The molecule has 29 heavy (non-hydrogen) atoms. The topological polar surface area (TPSA) is 116 Å². The van der Waals surface area contributed by atoms with E-state index in [1.54, 1.807) is 42.5 Å². The number of hydrogen-bond donors (Lipinski definition) is 2. The summed E-state index contributed by atoms with van der Waals surface area (Å²) in [6, 6.07) is 7.24. The molecule has 0 atom stereocenters. The Morgan fingerprint density at radius 1 is 1.31 bits per heavy atom. The SMILES string of the molecule is Cn1cc(C(=O)Nc2sc3c(c2C#N)CCN(C(=O)Nc2ccccn2)C3)cn1. The minimum atomic E-state index is -0.321. The van der Waals surface area contributed by atoms with Crippen molar-refractivity contribution in [3.8, 4) is 6.07 Å². The van der Waals surface area contributed by atoms with Crippen LogP contribution in [0.25, 0.3) is 0 Å². The minimum absolute atomic E-state index is 0.248. The second kappa shape index (κ2) is 7.73. The second-order valence-electron chi connectivity index (χ2n) is 6.49. The number of nitrogens with one attached hydrogen (secondary N) is 2. The fraction of sp³-hybridized carbons (Fsp3) is 0.211. The number of hydrogen-bond acceptors (Lipinski definition) is 6. The molecule has 0 saturated carbocycles. The summed E-state index contributed by atoms with van der Waals surface area (Å²) in [6.45, 7) is 0.850. The van der Waals surface area contributed by atoms with Gasteiger partial charge in [-0.1, -0.05) is 6.07 Å². The van der Waals surface area contributed by atoms with Crippen molar-refractivity contribution in [3.05, 3.63) is 58.4 Å². The van der Waals surface area contributed by atoms with Gasteiger partial charge in [-0.2, -0.15) is 10.4 Å². The van der Waals surface area contributed by atoms with Crippen molar-refractivity contribution < 1.29 is 9.59 Å². The number of carbonyl (C=O) groups is 2. The Balaban J connectivity index is 1.51. The van der Waals surface area contributed by atoms with Crippen LogP contribution in [0.15, 0.2) is 36.8 Å². The Hall–Kier alpha value is -3.71. The predicted molar refractivity (Wildman–Crippen MR) is 108 cm³/mol. The van der Waals surface area contributed by atoms with E-state index in [-0.39, 0.29) is 11.9 Å². The van der Waals surface area contributed by atoms with Crippen molar-refractivity contribution in [1.29, 1.82) is 5.26 Å². The van der Waals surface area contributed by atoms with Crippen LogP contribution in [0.2, 0.25) is 0 Å². The van der Waals surface area contributed by atoms with Gasteiger partial charge in [-0.3, -0.25) is 14.8 Å². The lowest BCUT2D eigenvalue weighted by Crippen LogP contribution is -2.38. The van der Waals surface area contributed by atoms with Crippen LogP contribution in [-0.2, 0) is 20.0 Å². The highest BCUT2D eigenvalue weighted by molar-refractivity contribution is 7.16. The van der Waals surface area contributed by atoms with Gasteiger partial charge in [-0.25, -0.2) is 9.78 Å². The van der Waals surface area contributed by atoms with Crippen molar-refractivity contribution in [2.45, 2.75) is 13.0 Å². The lowest BCUT2D eigenvalue weighted by molar-refractivity contribution is 0.102. The monoisotopic (exact) mass is 407 g/mol. The molecule has 146 valence electrons. The van der Waals surface area contributed by atoms with Crippen LogP contribution in [0.5, 0.6) is 0 Å². The van der Waals surface area contributed by atoms with Crippen LogP contribution in [0.4, 0.5) is 15.6 Å². The average molecular weight is 407 g/mol. The molecule has 0 bridgehead atoms. The number of nitriles is 1. The molecular weight excluding hydrogens is 390 g/mol. The van der Waals surface area contributed by atoms with Gasteiger partial charge in [0, 0.05) is 30.9 Å². The normalized spacial score (nSPS) is 12.8. The van der Waals surface area contributed by atoms with Gasteiger partial charge in [0.25, 0.3) is 5.91 Å². The number of aromatic nitrogens is 3. The molecule has 0 aromatic carbocycles. The van der Waals surface area contributed by atoms with Crippen molar-refractivity contribution in [1.82, 2.24) is 19.7 Å². The second-order valence-corrected chi connectivity index (χ2v) is 7.60. The predicted octanol–water partition coefficient (Wildman–Crippen LogP) is 2.59. The Labute approximate surface area is 170 Å². The Kier molecular flexibility index (Phi) is 4.97. The lowest BCUT2D eigenvalue weighted by Gasteiger charge is -2.26. The smallest absolute Gasteiger partial charge is 0.319 e. The van der Waals surface area contributed by atoms with Crippen molar-refractivity contribution in [2.75, 3.05) is 17.2 Å². The van der Waals surface area contributed by atoms with E-state index in [0.29, 0.717) is 41.5 Å². The van der Waals surface area contributed by atoms with Gasteiger partial charge < -0.3 is 10.2 Å². The van der Waals surface area contributed by atoms with Crippen LogP contribution >= 0.6 is 11.3 Å². The first-order chi connectivity index (χ1) is 14.0. The molecule has 4 rings (SSSR count). The summed E-state index contributed by atoms with van der Waals surface area (Å²) in [5.41, 5.74) is 1.77. The highest BCUT2D eigenvalue weighted by Gasteiger charge is 2.28. The van der Waals surface area contributed by atoms with Crippen LogP contribution in [0.3, 0.4) is 0 Å². The highest BCUT2D eigenvalue weighted by Crippen LogP contribution is 2.37. The number of amides is 3. The van der Waals surface area contributed by atoms with Gasteiger partial charge in [0.15, 0.2) is 0 Å². The Bertz CT molecular complexity index is 1110. The molecule has 1 aliphatic heterocycles. The number of thiophene rings is 1. The van der Waals surface area contributed by atoms with E-state index in [4.69, 9.17) is 0 Å². The number of nitrogens with zero attached hydrogens (tertiary/aromatic N) is 5. The molecule has 3 aromatic heterocycles. The Morgan fingerprint density at radius 2 is 2.17 bits per heavy atom. The van der Waals surface area contributed by atoms with E-state index in [2.05, 4.69) is 26.8 Å². The van der Waals surface area contributed by atoms with Gasteiger partial charge in [-0.05, 0) is 24.1 Å². The third-order valence-corrected chi connectivity index (χ3v) is 5.68. The number of anilines is 2. The zero-order valence-electron chi connectivity index (χ0n) is 15.5. The molecule has 0 unspecified atom stereocenters. The minimum Gasteiger partial charge on any atom is -0.319 e. The van der Waals surface area contributed by atoms with Gasteiger partial charge in [0.05, 0.1) is 23.9 Å². The Morgan fingerprint density at radius 3 is 2.86 bits per heavy atom. The number of urea groups is 1. The molecule has 9 nitrogen and oxygen atoms in total. The molecule has 2 N–H and O–H groups in total. The van der Waals surface area contributed by atoms with Gasteiger partial charge in [0.2, 0.25) is 0 Å². The maximum absolute atomic E-state index is 12.5. The summed E-state index contributed by atoms with van der Waals surface area (Å²) in [5.74, 6) is 0.162. The van der Waals surface area contributed by atoms with E-state index in [0.717, 1.165) is 10.4 Å². The average Bonchev–Trinajstić information content (AvgIpc) is 3.31. The number of aryl methyl sites for hydroxylation is 1.